The maximum atomic E-state index is 13.1. The van der Waals surface area contributed by atoms with Crippen LogP contribution in [0.1, 0.15) is 39.5 Å². The van der Waals surface area contributed by atoms with Crippen molar-refractivity contribution in [1.29, 1.82) is 0 Å². The van der Waals surface area contributed by atoms with Gasteiger partial charge in [-0.05, 0) is 56.3 Å². The Bertz CT molecular complexity index is 1240. The third-order valence-electron chi connectivity index (χ3n) is 5.94. The number of hydrogen-bond acceptors (Lipinski definition) is 6. The molecule has 1 atom stereocenters. The summed E-state index contributed by atoms with van der Waals surface area (Å²) in [6, 6.07) is 10.2. The summed E-state index contributed by atoms with van der Waals surface area (Å²) in [6.07, 6.45) is 4.03. The minimum absolute atomic E-state index is 0.0626. The minimum Gasteiger partial charge on any atom is -0.376 e. The topological polar surface area (TPSA) is 69.0 Å². The van der Waals surface area contributed by atoms with Gasteiger partial charge in [-0.3, -0.25) is 9.78 Å². The number of ether oxygens (including phenoxy) is 1. The van der Waals surface area contributed by atoms with Gasteiger partial charge >= 0.3 is 0 Å². The molecule has 4 aromatic rings. The molecule has 0 bridgehead atoms. The molecule has 8 heteroatoms. The van der Waals surface area contributed by atoms with Crippen molar-refractivity contribution in [2.45, 2.75) is 39.3 Å². The predicted molar refractivity (Wildman–Crippen MR) is 133 cm³/mol. The molecule has 5 heterocycles. The Morgan fingerprint density at radius 1 is 1.27 bits per heavy atom. The lowest BCUT2D eigenvalue weighted by atomic mass is 10.2. The predicted octanol–water partition coefficient (Wildman–Crippen LogP) is 5.31. The molecule has 1 unspecified atom stereocenters. The first-order chi connectivity index (χ1) is 16.1. The van der Waals surface area contributed by atoms with E-state index in [9.17, 15) is 4.79 Å². The highest BCUT2D eigenvalue weighted by Crippen LogP contribution is 2.32. The van der Waals surface area contributed by atoms with Crippen LogP contribution in [0.3, 0.4) is 0 Å². The number of rotatable bonds is 7. The van der Waals surface area contributed by atoms with E-state index in [1.807, 2.05) is 38.2 Å². The van der Waals surface area contributed by atoms with Crippen LogP contribution in [0.15, 0.2) is 47.3 Å². The van der Waals surface area contributed by atoms with Gasteiger partial charge in [-0.2, -0.15) is 0 Å². The zero-order chi connectivity index (χ0) is 22.8. The number of carbonyl (C=O) groups excluding carboxylic acids is 1. The molecule has 1 N–H and O–H groups in total. The number of pyridine rings is 1. The standard InChI is InChI=1S/C25H26N4O2S2/c1-16-7-8-18(12-26-16)25-28-22(15-33-25)23-11-21(24(30)27-13-19-5-3-9-31-19)17(2)29(23)14-20-6-4-10-32-20/h4,6-8,10-12,15,19H,3,5,9,13-14H2,1-2H3,(H,27,30). The normalized spacial score (nSPS) is 15.8. The molecule has 0 radical (unpaired) electrons. The highest BCUT2D eigenvalue weighted by molar-refractivity contribution is 7.13. The number of thiazole rings is 1. The van der Waals surface area contributed by atoms with Crippen LogP contribution in [0, 0.1) is 13.8 Å². The molecule has 0 spiro atoms. The summed E-state index contributed by atoms with van der Waals surface area (Å²) in [5, 5.41) is 8.12. The van der Waals surface area contributed by atoms with E-state index in [0.717, 1.165) is 52.8 Å². The average molecular weight is 479 g/mol. The van der Waals surface area contributed by atoms with Crippen molar-refractivity contribution in [3.63, 3.8) is 0 Å². The maximum Gasteiger partial charge on any atom is 0.253 e. The zero-order valence-corrected chi connectivity index (χ0v) is 20.3. The van der Waals surface area contributed by atoms with E-state index in [4.69, 9.17) is 9.72 Å². The van der Waals surface area contributed by atoms with E-state index < -0.39 is 0 Å². The molecule has 4 aromatic heterocycles. The van der Waals surface area contributed by atoms with Crippen LogP contribution in [0.2, 0.25) is 0 Å². The average Bonchev–Trinajstić information content (AvgIpc) is 3.62. The van der Waals surface area contributed by atoms with Gasteiger partial charge in [0.25, 0.3) is 5.91 Å². The van der Waals surface area contributed by atoms with Gasteiger partial charge < -0.3 is 14.6 Å². The van der Waals surface area contributed by atoms with Gasteiger partial charge in [0.05, 0.1) is 29.6 Å². The fourth-order valence-electron chi connectivity index (χ4n) is 4.07. The molecular formula is C25H26N4O2S2. The molecule has 0 aliphatic carbocycles. The lowest BCUT2D eigenvalue weighted by molar-refractivity contribution is 0.0857. The second kappa shape index (κ2) is 9.59. The molecular weight excluding hydrogens is 452 g/mol. The van der Waals surface area contributed by atoms with Gasteiger partial charge in [0.1, 0.15) is 5.01 Å². The monoisotopic (exact) mass is 478 g/mol. The molecule has 0 saturated carbocycles. The Morgan fingerprint density at radius 2 is 2.18 bits per heavy atom. The SMILES string of the molecule is Cc1ccc(-c2nc(-c3cc(C(=O)NCC4CCCO4)c(C)n3Cc3cccs3)cs2)cn1. The van der Waals surface area contributed by atoms with Crippen molar-refractivity contribution in [3.05, 3.63) is 69.1 Å². The van der Waals surface area contributed by atoms with E-state index in [1.54, 1.807) is 22.7 Å². The largest absolute Gasteiger partial charge is 0.376 e. The summed E-state index contributed by atoms with van der Waals surface area (Å²) in [5.74, 6) is -0.0626. The second-order valence-electron chi connectivity index (χ2n) is 8.27. The van der Waals surface area contributed by atoms with Crippen molar-refractivity contribution in [2.75, 3.05) is 13.2 Å². The van der Waals surface area contributed by atoms with Crippen LogP contribution in [-0.2, 0) is 11.3 Å². The Morgan fingerprint density at radius 3 is 2.91 bits per heavy atom. The van der Waals surface area contributed by atoms with Gasteiger partial charge in [-0.1, -0.05) is 6.07 Å². The molecule has 5 rings (SSSR count). The van der Waals surface area contributed by atoms with E-state index in [1.165, 1.54) is 4.88 Å². The smallest absolute Gasteiger partial charge is 0.253 e. The van der Waals surface area contributed by atoms with Crippen molar-refractivity contribution in [3.8, 4) is 22.0 Å². The van der Waals surface area contributed by atoms with Crippen LogP contribution in [0.25, 0.3) is 22.0 Å². The Kier molecular flexibility index (Phi) is 6.39. The van der Waals surface area contributed by atoms with Crippen molar-refractivity contribution < 1.29 is 9.53 Å². The van der Waals surface area contributed by atoms with Gasteiger partial charge in [0, 0.05) is 46.6 Å². The third kappa shape index (κ3) is 4.78. The number of aryl methyl sites for hydroxylation is 1. The number of nitrogens with zero attached hydrogens (tertiary/aromatic N) is 3. The summed E-state index contributed by atoms with van der Waals surface area (Å²) in [5.41, 5.74) is 5.43. The third-order valence-corrected chi connectivity index (χ3v) is 7.70. The fraction of sp³-hybridized carbons (Fsp3) is 0.320. The molecule has 170 valence electrons. The number of thiophene rings is 1. The van der Waals surface area contributed by atoms with Crippen LogP contribution in [0.5, 0.6) is 0 Å². The number of amides is 1. The molecule has 1 fully saturated rings. The highest BCUT2D eigenvalue weighted by atomic mass is 32.1. The summed E-state index contributed by atoms with van der Waals surface area (Å²) < 4.78 is 7.85. The van der Waals surface area contributed by atoms with E-state index >= 15 is 0 Å². The van der Waals surface area contributed by atoms with Gasteiger partial charge in [-0.25, -0.2) is 4.98 Å². The number of nitrogens with one attached hydrogen (secondary N) is 1. The second-order valence-corrected chi connectivity index (χ2v) is 10.2. The number of carbonyl (C=O) groups is 1. The summed E-state index contributed by atoms with van der Waals surface area (Å²) in [4.78, 5) is 23.6. The molecule has 33 heavy (non-hydrogen) atoms. The first-order valence-corrected chi connectivity index (χ1v) is 12.9. The van der Waals surface area contributed by atoms with E-state index in [2.05, 4.69) is 37.8 Å². The lowest BCUT2D eigenvalue weighted by Gasteiger charge is -2.12. The first-order valence-electron chi connectivity index (χ1n) is 11.1. The highest BCUT2D eigenvalue weighted by Gasteiger charge is 2.22. The fourth-order valence-corrected chi connectivity index (χ4v) is 5.57. The Labute approximate surface area is 201 Å². The molecule has 1 amide bonds. The van der Waals surface area contributed by atoms with Gasteiger partial charge in [0.15, 0.2) is 0 Å². The van der Waals surface area contributed by atoms with Crippen molar-refractivity contribution in [2.24, 2.45) is 0 Å². The van der Waals surface area contributed by atoms with Crippen LogP contribution in [-0.4, -0.2) is 39.7 Å². The van der Waals surface area contributed by atoms with Gasteiger partial charge in [0.2, 0.25) is 0 Å². The van der Waals surface area contributed by atoms with Crippen LogP contribution < -0.4 is 5.32 Å². The van der Waals surface area contributed by atoms with E-state index in [-0.39, 0.29) is 12.0 Å². The molecule has 0 aromatic carbocycles. The quantitative estimate of drug-likeness (QED) is 0.391. The molecule has 1 aliphatic heterocycles. The Balaban J connectivity index is 1.46. The summed E-state index contributed by atoms with van der Waals surface area (Å²) in [6.45, 7) is 6.02. The maximum absolute atomic E-state index is 13.1. The zero-order valence-electron chi connectivity index (χ0n) is 18.7. The molecule has 1 saturated heterocycles. The summed E-state index contributed by atoms with van der Waals surface area (Å²) in [7, 11) is 0. The first kappa shape index (κ1) is 22.0. The van der Waals surface area contributed by atoms with Gasteiger partial charge in [-0.15, -0.1) is 22.7 Å². The summed E-state index contributed by atoms with van der Waals surface area (Å²) >= 11 is 3.31. The van der Waals surface area contributed by atoms with Crippen LogP contribution >= 0.6 is 22.7 Å². The minimum atomic E-state index is -0.0626. The molecule has 1 aliphatic rings. The lowest BCUT2D eigenvalue weighted by Crippen LogP contribution is -2.32. The van der Waals surface area contributed by atoms with Crippen molar-refractivity contribution in [1.82, 2.24) is 19.9 Å². The number of hydrogen-bond donors (Lipinski definition) is 1. The van der Waals surface area contributed by atoms with E-state index in [0.29, 0.717) is 18.7 Å². The van der Waals surface area contributed by atoms with Crippen molar-refractivity contribution >= 4 is 28.6 Å². The number of aromatic nitrogens is 3. The Hall–Kier alpha value is -2.81. The molecule has 6 nitrogen and oxygen atoms in total. The van der Waals surface area contributed by atoms with Crippen LogP contribution in [0.4, 0.5) is 0 Å².